The summed E-state index contributed by atoms with van der Waals surface area (Å²) in [5.41, 5.74) is -0.759. The molecule has 0 heterocycles. The number of benzene rings is 1. The molecule has 0 aliphatic rings. The van der Waals surface area contributed by atoms with E-state index in [9.17, 15) is 23.1 Å². The molecule has 0 amide bonds. The SMILES string of the molecule is CC(C)(C)OC(=O)[C@H](CCCCNS(=O)(=O)c1ccc(Br)cc1)C(=O)O. The molecular weight excluding hydrogens is 426 g/mol. The minimum absolute atomic E-state index is 0.0876. The van der Waals surface area contributed by atoms with E-state index in [0.717, 1.165) is 4.47 Å². The van der Waals surface area contributed by atoms with E-state index < -0.39 is 33.5 Å². The zero-order valence-electron chi connectivity index (χ0n) is 15.0. The van der Waals surface area contributed by atoms with Gasteiger partial charge in [-0.1, -0.05) is 22.4 Å². The van der Waals surface area contributed by atoms with Crippen molar-refractivity contribution >= 4 is 37.9 Å². The molecule has 0 aromatic heterocycles. The number of aliphatic carboxylic acids is 1. The molecule has 0 saturated heterocycles. The molecule has 7 nitrogen and oxygen atoms in total. The normalized spacial score (nSPS) is 13.2. The van der Waals surface area contributed by atoms with Gasteiger partial charge in [-0.05, 0) is 57.9 Å². The van der Waals surface area contributed by atoms with Gasteiger partial charge in [0.2, 0.25) is 10.0 Å². The smallest absolute Gasteiger partial charge is 0.320 e. The van der Waals surface area contributed by atoms with Crippen molar-refractivity contribution in [2.75, 3.05) is 6.54 Å². The number of carboxylic acid groups (broad SMARTS) is 1. The second-order valence-corrected chi connectivity index (χ2v) is 9.45. The highest BCUT2D eigenvalue weighted by Gasteiger charge is 2.30. The molecule has 1 aromatic rings. The monoisotopic (exact) mass is 449 g/mol. The van der Waals surface area contributed by atoms with E-state index in [1.165, 1.54) is 12.1 Å². The van der Waals surface area contributed by atoms with Gasteiger partial charge in [-0.15, -0.1) is 0 Å². The van der Waals surface area contributed by atoms with Crippen LogP contribution in [0.5, 0.6) is 0 Å². The predicted octanol–water partition coefficient (Wildman–Crippen LogP) is 2.94. The Bertz CT molecular complexity index is 725. The molecule has 0 bridgehead atoms. The summed E-state index contributed by atoms with van der Waals surface area (Å²) in [5, 5.41) is 9.18. The maximum Gasteiger partial charge on any atom is 0.320 e. The van der Waals surface area contributed by atoms with Crippen LogP contribution in [-0.4, -0.2) is 37.6 Å². The highest BCUT2D eigenvalue weighted by Crippen LogP contribution is 2.17. The Balaban J connectivity index is 2.47. The van der Waals surface area contributed by atoms with E-state index in [0.29, 0.717) is 12.8 Å². The van der Waals surface area contributed by atoms with Crippen LogP contribution < -0.4 is 4.72 Å². The van der Waals surface area contributed by atoms with Gasteiger partial charge in [0.15, 0.2) is 5.92 Å². The lowest BCUT2D eigenvalue weighted by molar-refractivity contribution is -0.167. The van der Waals surface area contributed by atoms with Crippen molar-refractivity contribution in [2.24, 2.45) is 5.92 Å². The highest BCUT2D eigenvalue weighted by molar-refractivity contribution is 9.10. The van der Waals surface area contributed by atoms with Crippen LogP contribution in [0.15, 0.2) is 33.6 Å². The molecule has 0 aliphatic heterocycles. The first kappa shape index (κ1) is 22.6. The van der Waals surface area contributed by atoms with Gasteiger partial charge in [0, 0.05) is 11.0 Å². The second-order valence-electron chi connectivity index (χ2n) is 6.77. The van der Waals surface area contributed by atoms with Crippen molar-refractivity contribution in [1.29, 1.82) is 0 Å². The topological polar surface area (TPSA) is 110 Å². The molecule has 0 spiro atoms. The van der Waals surface area contributed by atoms with Crippen molar-refractivity contribution in [2.45, 2.75) is 50.5 Å². The van der Waals surface area contributed by atoms with Crippen LogP contribution in [0.1, 0.15) is 40.0 Å². The van der Waals surface area contributed by atoms with E-state index in [4.69, 9.17) is 4.74 Å². The number of nitrogens with one attached hydrogen (secondary N) is 1. The van der Waals surface area contributed by atoms with Gasteiger partial charge < -0.3 is 9.84 Å². The molecule has 9 heteroatoms. The van der Waals surface area contributed by atoms with Crippen molar-refractivity contribution in [3.63, 3.8) is 0 Å². The summed E-state index contributed by atoms with van der Waals surface area (Å²) in [5.74, 6) is -3.27. The maximum absolute atomic E-state index is 12.1. The zero-order valence-corrected chi connectivity index (χ0v) is 17.4. The molecule has 0 unspecified atom stereocenters. The highest BCUT2D eigenvalue weighted by atomic mass is 79.9. The van der Waals surface area contributed by atoms with Crippen molar-refractivity contribution in [3.8, 4) is 0 Å². The number of sulfonamides is 1. The third-order valence-electron chi connectivity index (χ3n) is 3.32. The van der Waals surface area contributed by atoms with Crippen LogP contribution in [0.25, 0.3) is 0 Å². The fourth-order valence-electron chi connectivity index (χ4n) is 2.09. The lowest BCUT2D eigenvalue weighted by Gasteiger charge is -2.22. The standard InChI is InChI=1S/C17H24BrNO6S/c1-17(2,3)25-16(22)14(15(20)21)6-4-5-11-19-26(23,24)13-9-7-12(18)8-10-13/h7-10,14,19H,4-6,11H2,1-3H3,(H,20,21)/t14-/m1/s1. The molecule has 0 aliphatic carbocycles. The van der Waals surface area contributed by atoms with Gasteiger partial charge in [-0.3, -0.25) is 9.59 Å². The zero-order chi connectivity index (χ0) is 20.0. The van der Waals surface area contributed by atoms with Crippen LogP contribution in [0.2, 0.25) is 0 Å². The largest absolute Gasteiger partial charge is 0.481 e. The predicted molar refractivity (Wildman–Crippen MR) is 100 cm³/mol. The molecule has 0 radical (unpaired) electrons. The minimum atomic E-state index is -3.61. The second kappa shape index (κ2) is 9.48. The van der Waals surface area contributed by atoms with Gasteiger partial charge in [-0.25, -0.2) is 13.1 Å². The average molecular weight is 450 g/mol. The van der Waals surface area contributed by atoms with Gasteiger partial charge >= 0.3 is 11.9 Å². The number of ether oxygens (including phenoxy) is 1. The molecule has 1 aromatic carbocycles. The number of halogens is 1. The number of esters is 1. The summed E-state index contributed by atoms with van der Waals surface area (Å²) < 4.78 is 32.6. The van der Waals surface area contributed by atoms with Crippen molar-refractivity contribution < 1.29 is 27.9 Å². The van der Waals surface area contributed by atoms with Crippen LogP contribution in [-0.2, 0) is 24.3 Å². The van der Waals surface area contributed by atoms with Crippen molar-refractivity contribution in [3.05, 3.63) is 28.7 Å². The fraction of sp³-hybridized carbons (Fsp3) is 0.529. The van der Waals surface area contributed by atoms with E-state index >= 15 is 0 Å². The Hall–Kier alpha value is -1.45. The molecule has 0 fully saturated rings. The van der Waals surface area contributed by atoms with E-state index in [1.807, 2.05) is 0 Å². The number of carboxylic acids is 1. The quantitative estimate of drug-likeness (QED) is 0.340. The summed E-state index contributed by atoms with van der Waals surface area (Å²) in [6.07, 6.45) is 0.867. The summed E-state index contributed by atoms with van der Waals surface area (Å²) in [6.45, 7) is 5.15. The lowest BCUT2D eigenvalue weighted by Crippen LogP contribution is -2.33. The fourth-order valence-corrected chi connectivity index (χ4v) is 3.43. The Morgan fingerprint density at radius 3 is 2.27 bits per heavy atom. The minimum Gasteiger partial charge on any atom is -0.481 e. The van der Waals surface area contributed by atoms with E-state index in [-0.39, 0.29) is 17.9 Å². The number of carbonyl (C=O) groups is 2. The Morgan fingerprint density at radius 2 is 1.77 bits per heavy atom. The number of rotatable bonds is 9. The number of unbranched alkanes of at least 4 members (excludes halogenated alkanes) is 1. The van der Waals surface area contributed by atoms with Gasteiger partial charge in [0.05, 0.1) is 4.90 Å². The molecular formula is C17H24BrNO6S. The van der Waals surface area contributed by atoms with Crippen LogP contribution >= 0.6 is 15.9 Å². The van der Waals surface area contributed by atoms with Crippen LogP contribution in [0.4, 0.5) is 0 Å². The molecule has 26 heavy (non-hydrogen) atoms. The Labute approximate surface area is 162 Å². The van der Waals surface area contributed by atoms with Gasteiger partial charge in [0.25, 0.3) is 0 Å². The molecule has 1 rings (SSSR count). The first-order chi connectivity index (χ1) is 11.9. The molecule has 146 valence electrons. The third kappa shape index (κ3) is 7.84. The summed E-state index contributed by atoms with van der Waals surface area (Å²) in [4.78, 5) is 23.3. The third-order valence-corrected chi connectivity index (χ3v) is 5.33. The summed E-state index contributed by atoms with van der Waals surface area (Å²) >= 11 is 3.24. The first-order valence-corrected chi connectivity index (χ1v) is 10.4. The Morgan fingerprint density at radius 1 is 1.19 bits per heavy atom. The van der Waals surface area contributed by atoms with Gasteiger partial charge in [-0.2, -0.15) is 0 Å². The van der Waals surface area contributed by atoms with Gasteiger partial charge in [0.1, 0.15) is 5.60 Å². The van der Waals surface area contributed by atoms with Crippen LogP contribution in [0, 0.1) is 5.92 Å². The molecule has 1 atom stereocenters. The summed E-state index contributed by atoms with van der Waals surface area (Å²) in [6, 6.07) is 6.23. The molecule has 2 N–H and O–H groups in total. The van der Waals surface area contributed by atoms with E-state index in [2.05, 4.69) is 20.7 Å². The molecule has 0 saturated carbocycles. The number of hydrogen-bond donors (Lipinski definition) is 2. The Kier molecular flexibility index (Phi) is 8.23. The van der Waals surface area contributed by atoms with Crippen molar-refractivity contribution in [1.82, 2.24) is 4.72 Å². The number of carbonyl (C=O) groups excluding carboxylic acids is 1. The average Bonchev–Trinajstić information content (AvgIpc) is 2.48. The number of hydrogen-bond acceptors (Lipinski definition) is 5. The van der Waals surface area contributed by atoms with E-state index in [1.54, 1.807) is 32.9 Å². The lowest BCUT2D eigenvalue weighted by atomic mass is 10.0. The van der Waals surface area contributed by atoms with Crippen LogP contribution in [0.3, 0.4) is 0 Å². The first-order valence-electron chi connectivity index (χ1n) is 8.13. The summed E-state index contributed by atoms with van der Waals surface area (Å²) in [7, 11) is -3.61. The maximum atomic E-state index is 12.1.